The summed E-state index contributed by atoms with van der Waals surface area (Å²) >= 11 is 0. The quantitative estimate of drug-likeness (QED) is 0.468. The minimum absolute atomic E-state index is 0.117. The minimum Gasteiger partial charge on any atom is -0.354 e. The van der Waals surface area contributed by atoms with Crippen molar-refractivity contribution in [2.45, 2.75) is 76.9 Å². The van der Waals surface area contributed by atoms with Crippen molar-refractivity contribution in [1.82, 2.24) is 15.4 Å². The van der Waals surface area contributed by atoms with Crippen LogP contribution >= 0.6 is 0 Å². The Morgan fingerprint density at radius 3 is 2.37 bits per heavy atom. The van der Waals surface area contributed by atoms with Crippen LogP contribution in [0.3, 0.4) is 0 Å². The maximum absolute atomic E-state index is 12.2. The summed E-state index contributed by atoms with van der Waals surface area (Å²) in [6.07, 6.45) is 4.08. The fourth-order valence-corrected chi connectivity index (χ4v) is 3.92. The monoisotopic (exact) mass is 394 g/mol. The summed E-state index contributed by atoms with van der Waals surface area (Å²) in [5, 5.41) is 6.69. The maximum atomic E-state index is 12.2. The average Bonchev–Trinajstić information content (AvgIpc) is 3.39. The number of sulfonamides is 1. The first-order valence-electron chi connectivity index (χ1n) is 9.67. The molecule has 1 aromatic rings. The lowest BCUT2D eigenvalue weighted by atomic mass is 9.89. The molecular weight excluding hydrogens is 360 g/mol. The molecule has 0 heterocycles. The minimum atomic E-state index is -3.39. The number of hydrogen-bond donors (Lipinski definition) is 3. The highest BCUT2D eigenvalue weighted by Gasteiger charge is 2.27. The fourth-order valence-electron chi connectivity index (χ4n) is 2.61. The molecule has 152 valence electrons. The molecule has 1 saturated carbocycles. The van der Waals surface area contributed by atoms with Gasteiger partial charge in [-0.3, -0.25) is 4.99 Å². The van der Waals surface area contributed by atoms with Gasteiger partial charge in [0.1, 0.15) is 0 Å². The van der Waals surface area contributed by atoms with E-state index in [-0.39, 0.29) is 6.04 Å². The summed E-state index contributed by atoms with van der Waals surface area (Å²) in [6, 6.07) is 7.44. The average molecular weight is 395 g/mol. The van der Waals surface area contributed by atoms with E-state index in [0.29, 0.717) is 22.9 Å². The van der Waals surface area contributed by atoms with Gasteiger partial charge in [0.25, 0.3) is 0 Å². The first-order chi connectivity index (χ1) is 12.6. The molecule has 27 heavy (non-hydrogen) atoms. The second-order valence-corrected chi connectivity index (χ2v) is 10.3. The zero-order valence-electron chi connectivity index (χ0n) is 17.2. The van der Waals surface area contributed by atoms with E-state index in [2.05, 4.69) is 48.0 Å². The Kier molecular flexibility index (Phi) is 7.28. The van der Waals surface area contributed by atoms with Crippen molar-refractivity contribution >= 4 is 16.0 Å². The van der Waals surface area contributed by atoms with Crippen LogP contribution in [0.5, 0.6) is 0 Å². The van der Waals surface area contributed by atoms with Gasteiger partial charge in [0, 0.05) is 25.7 Å². The van der Waals surface area contributed by atoms with Crippen LogP contribution < -0.4 is 15.4 Å². The molecule has 0 bridgehead atoms. The summed E-state index contributed by atoms with van der Waals surface area (Å²) in [4.78, 5) is 4.59. The largest absolute Gasteiger partial charge is 0.354 e. The maximum Gasteiger partial charge on any atom is 0.240 e. The van der Waals surface area contributed by atoms with E-state index in [4.69, 9.17) is 0 Å². The van der Waals surface area contributed by atoms with E-state index in [9.17, 15) is 8.42 Å². The summed E-state index contributed by atoms with van der Waals surface area (Å²) < 4.78 is 27.1. The highest BCUT2D eigenvalue weighted by Crippen LogP contribution is 2.22. The molecular formula is C20H34N4O2S. The van der Waals surface area contributed by atoms with Gasteiger partial charge in [0.2, 0.25) is 10.0 Å². The standard InChI is InChI=1S/C20H34N4O2S/c1-15(12-13-20(2,3)4)23-19(21-5)22-14-16-6-10-18(11-7-16)27(25,26)24-17-8-9-17/h6-7,10-11,15,17,24H,8-9,12-14H2,1-5H3,(H2,21,22,23). The van der Waals surface area contributed by atoms with Gasteiger partial charge >= 0.3 is 0 Å². The molecule has 2 rings (SSSR count). The van der Waals surface area contributed by atoms with Crippen molar-refractivity contribution < 1.29 is 8.42 Å². The lowest BCUT2D eigenvalue weighted by Gasteiger charge is -2.23. The Bertz CT molecular complexity index is 732. The van der Waals surface area contributed by atoms with Crippen molar-refractivity contribution in [1.29, 1.82) is 0 Å². The first kappa shape index (κ1) is 21.7. The van der Waals surface area contributed by atoms with Crippen molar-refractivity contribution in [3.63, 3.8) is 0 Å². The smallest absolute Gasteiger partial charge is 0.240 e. The third-order valence-corrected chi connectivity index (χ3v) is 6.06. The molecule has 1 fully saturated rings. The molecule has 0 amide bonds. The predicted octanol–water partition coefficient (Wildman–Crippen LogP) is 3.01. The van der Waals surface area contributed by atoms with E-state index < -0.39 is 10.0 Å². The summed E-state index contributed by atoms with van der Waals surface area (Å²) in [6.45, 7) is 9.48. The van der Waals surface area contributed by atoms with Gasteiger partial charge in [-0.2, -0.15) is 0 Å². The molecule has 1 aromatic carbocycles. The van der Waals surface area contributed by atoms with Crippen molar-refractivity contribution in [2.75, 3.05) is 7.05 Å². The van der Waals surface area contributed by atoms with Crippen LogP contribution in [0.2, 0.25) is 0 Å². The highest BCUT2D eigenvalue weighted by molar-refractivity contribution is 7.89. The van der Waals surface area contributed by atoms with Crippen LogP contribution in [0.15, 0.2) is 34.2 Å². The summed E-state index contributed by atoms with van der Waals surface area (Å²) in [5.41, 5.74) is 1.33. The molecule has 7 heteroatoms. The highest BCUT2D eigenvalue weighted by atomic mass is 32.2. The third kappa shape index (κ3) is 7.89. The molecule has 3 N–H and O–H groups in total. The molecule has 0 saturated heterocycles. The van der Waals surface area contributed by atoms with E-state index >= 15 is 0 Å². The fraction of sp³-hybridized carbons (Fsp3) is 0.650. The van der Waals surface area contributed by atoms with Crippen LogP contribution in [-0.2, 0) is 16.6 Å². The molecule has 1 atom stereocenters. The summed E-state index contributed by atoms with van der Waals surface area (Å²) in [5.74, 6) is 0.753. The number of guanidine groups is 1. The predicted molar refractivity (Wildman–Crippen MR) is 111 cm³/mol. The Balaban J connectivity index is 1.83. The van der Waals surface area contributed by atoms with Crippen LogP contribution in [-0.4, -0.2) is 33.5 Å². The molecule has 6 nitrogen and oxygen atoms in total. The van der Waals surface area contributed by atoms with Crippen LogP contribution in [0.1, 0.15) is 58.9 Å². The number of nitrogens with zero attached hydrogens (tertiary/aromatic N) is 1. The normalized spacial score (nSPS) is 16.9. The van der Waals surface area contributed by atoms with Crippen LogP contribution in [0, 0.1) is 5.41 Å². The molecule has 0 aliphatic heterocycles. The van der Waals surface area contributed by atoms with E-state index in [1.54, 1.807) is 19.2 Å². The van der Waals surface area contributed by atoms with Crippen LogP contribution in [0.25, 0.3) is 0 Å². The number of hydrogen-bond acceptors (Lipinski definition) is 3. The second kappa shape index (κ2) is 9.06. The molecule has 0 aromatic heterocycles. The first-order valence-corrected chi connectivity index (χ1v) is 11.2. The SMILES string of the molecule is CN=C(NCc1ccc(S(=O)(=O)NC2CC2)cc1)NC(C)CCC(C)(C)C. The van der Waals surface area contributed by atoms with Crippen molar-refractivity contribution in [3.05, 3.63) is 29.8 Å². The zero-order valence-corrected chi connectivity index (χ0v) is 18.0. The van der Waals surface area contributed by atoms with Gasteiger partial charge in [-0.1, -0.05) is 32.9 Å². The topological polar surface area (TPSA) is 82.6 Å². The van der Waals surface area contributed by atoms with E-state index in [1.807, 2.05) is 12.1 Å². The Morgan fingerprint density at radius 1 is 1.22 bits per heavy atom. The van der Waals surface area contributed by atoms with E-state index in [0.717, 1.165) is 37.2 Å². The van der Waals surface area contributed by atoms with E-state index in [1.165, 1.54) is 0 Å². The van der Waals surface area contributed by atoms with Crippen LogP contribution in [0.4, 0.5) is 0 Å². The zero-order chi connectivity index (χ0) is 20.1. The number of nitrogens with one attached hydrogen (secondary N) is 3. The van der Waals surface area contributed by atoms with Gasteiger partial charge in [-0.05, 0) is 55.7 Å². The molecule has 0 radical (unpaired) electrons. The van der Waals surface area contributed by atoms with Gasteiger partial charge in [-0.25, -0.2) is 13.1 Å². The van der Waals surface area contributed by atoms with Gasteiger partial charge in [0.05, 0.1) is 4.90 Å². The lowest BCUT2D eigenvalue weighted by Crippen LogP contribution is -2.42. The molecule has 1 aliphatic rings. The Morgan fingerprint density at radius 2 is 1.85 bits per heavy atom. The van der Waals surface area contributed by atoms with Crippen molar-refractivity contribution in [2.24, 2.45) is 10.4 Å². The number of benzene rings is 1. The Hall–Kier alpha value is -1.60. The van der Waals surface area contributed by atoms with Crippen molar-refractivity contribution in [3.8, 4) is 0 Å². The molecule has 0 spiro atoms. The van der Waals surface area contributed by atoms with Gasteiger partial charge in [0.15, 0.2) is 5.96 Å². The molecule has 1 unspecified atom stereocenters. The second-order valence-electron chi connectivity index (χ2n) is 8.61. The number of rotatable bonds is 8. The third-order valence-electron chi connectivity index (χ3n) is 4.53. The summed E-state index contributed by atoms with van der Waals surface area (Å²) in [7, 11) is -1.64. The molecule has 1 aliphatic carbocycles. The van der Waals surface area contributed by atoms with Gasteiger partial charge in [-0.15, -0.1) is 0 Å². The number of aliphatic imine (C=N–C) groups is 1. The lowest BCUT2D eigenvalue weighted by molar-refractivity contribution is 0.346. The Labute approximate surface area is 164 Å². The van der Waals surface area contributed by atoms with Gasteiger partial charge < -0.3 is 10.6 Å².